The molecule has 1 aromatic heterocycles. The Morgan fingerprint density at radius 1 is 1.22 bits per heavy atom. The van der Waals surface area contributed by atoms with E-state index in [2.05, 4.69) is 51.1 Å². The zero-order chi connectivity index (χ0) is 16.1. The van der Waals surface area contributed by atoms with E-state index in [1.807, 2.05) is 18.2 Å². The quantitative estimate of drug-likeness (QED) is 0.733. The van der Waals surface area contributed by atoms with E-state index < -0.39 is 0 Å². The van der Waals surface area contributed by atoms with Gasteiger partial charge in [0, 0.05) is 11.7 Å². The molecule has 0 spiro atoms. The Morgan fingerprint density at radius 3 is 2.70 bits per heavy atom. The largest absolute Gasteiger partial charge is 0.369 e. The van der Waals surface area contributed by atoms with E-state index in [0.717, 1.165) is 5.69 Å². The number of nitrogen functional groups attached to an aromatic ring is 1. The van der Waals surface area contributed by atoms with Crippen molar-refractivity contribution in [2.24, 2.45) is 0 Å². The number of H-pyrrole nitrogens is 1. The summed E-state index contributed by atoms with van der Waals surface area (Å²) in [5, 5.41) is 3.34. The third kappa shape index (κ3) is 2.03. The molecule has 0 radical (unpaired) electrons. The molecular formula is C16H20N6O. The normalized spacial score (nSPS) is 25.7. The molecule has 7 nitrogen and oxygen atoms in total. The fourth-order valence-electron chi connectivity index (χ4n) is 3.83. The monoisotopic (exact) mass is 312 g/mol. The Morgan fingerprint density at radius 2 is 1.96 bits per heavy atom. The first-order valence-corrected chi connectivity index (χ1v) is 7.81. The molecule has 1 fully saturated rings. The summed E-state index contributed by atoms with van der Waals surface area (Å²) in [6.07, 6.45) is 0. The number of anilines is 4. The maximum Gasteiger partial charge on any atom is 0.278 e. The van der Waals surface area contributed by atoms with E-state index in [1.165, 1.54) is 0 Å². The van der Waals surface area contributed by atoms with Crippen molar-refractivity contribution in [3.05, 3.63) is 40.7 Å². The Bertz CT molecular complexity index is 789. The van der Waals surface area contributed by atoms with E-state index in [4.69, 9.17) is 5.73 Å². The van der Waals surface area contributed by atoms with Crippen LogP contribution in [0.3, 0.4) is 0 Å². The molecule has 1 aromatic carbocycles. The van der Waals surface area contributed by atoms with Crippen LogP contribution in [-0.2, 0) is 0 Å². The molecule has 2 aromatic rings. The standard InChI is InChI=1S/C16H20N6O/c1-9-12-10(2)21(11-6-4-3-5-7-11)8-22(12)13-14(18-9)19-16(17)20-15(13)23/h3-7,9-10,12H,8H2,1-2H3,(H4,17,18,19,20,23)/t9-,10+,12+/m0/s1. The van der Waals surface area contributed by atoms with E-state index >= 15 is 0 Å². The van der Waals surface area contributed by atoms with Gasteiger partial charge in [0.15, 0.2) is 5.82 Å². The number of nitrogens with zero attached hydrogens (tertiary/aromatic N) is 3. The number of hydrogen-bond donors (Lipinski definition) is 3. The SMILES string of the molecule is C[C@@H]1Nc2nc(N)[nH]c(=O)c2N2CN(c3ccccc3)[C@H](C)[C@@H]12. The maximum absolute atomic E-state index is 12.4. The van der Waals surface area contributed by atoms with Gasteiger partial charge in [-0.25, -0.2) is 0 Å². The minimum atomic E-state index is -0.195. The summed E-state index contributed by atoms with van der Waals surface area (Å²) in [6.45, 7) is 4.97. The molecule has 0 bridgehead atoms. The van der Waals surface area contributed by atoms with Gasteiger partial charge in [-0.15, -0.1) is 0 Å². The molecule has 0 unspecified atom stereocenters. The molecule has 0 saturated carbocycles. The van der Waals surface area contributed by atoms with Crippen molar-refractivity contribution in [3.63, 3.8) is 0 Å². The molecule has 120 valence electrons. The number of aromatic amines is 1. The number of nitrogens with two attached hydrogens (primary N) is 1. The summed E-state index contributed by atoms with van der Waals surface area (Å²) in [7, 11) is 0. The van der Waals surface area contributed by atoms with Crippen LogP contribution >= 0.6 is 0 Å². The first-order chi connectivity index (χ1) is 11.1. The Balaban J connectivity index is 1.80. The van der Waals surface area contributed by atoms with Gasteiger partial charge in [0.05, 0.1) is 18.8 Å². The third-order valence-electron chi connectivity index (χ3n) is 4.82. The van der Waals surface area contributed by atoms with Gasteiger partial charge >= 0.3 is 0 Å². The summed E-state index contributed by atoms with van der Waals surface area (Å²) < 4.78 is 0. The van der Waals surface area contributed by atoms with Crippen molar-refractivity contribution in [3.8, 4) is 0 Å². The summed E-state index contributed by atoms with van der Waals surface area (Å²) in [5.74, 6) is 0.705. The second kappa shape index (κ2) is 4.91. The molecule has 4 rings (SSSR count). The van der Waals surface area contributed by atoms with Crippen LogP contribution in [0.25, 0.3) is 0 Å². The maximum atomic E-state index is 12.4. The summed E-state index contributed by atoms with van der Waals surface area (Å²) in [4.78, 5) is 23.7. The highest BCUT2D eigenvalue weighted by Gasteiger charge is 2.45. The van der Waals surface area contributed by atoms with Crippen molar-refractivity contribution < 1.29 is 0 Å². The van der Waals surface area contributed by atoms with Crippen LogP contribution in [0.5, 0.6) is 0 Å². The van der Waals surface area contributed by atoms with Crippen LogP contribution in [0, 0.1) is 0 Å². The van der Waals surface area contributed by atoms with Gasteiger partial charge in [0.25, 0.3) is 5.56 Å². The topological polar surface area (TPSA) is 90.3 Å². The lowest BCUT2D eigenvalue weighted by Crippen LogP contribution is -2.52. The number of nitrogens with one attached hydrogen (secondary N) is 2. The number of aromatic nitrogens is 2. The molecular weight excluding hydrogens is 292 g/mol. The van der Waals surface area contributed by atoms with Crippen LogP contribution in [-0.4, -0.2) is 34.8 Å². The molecule has 0 amide bonds. The molecule has 1 saturated heterocycles. The number of benzene rings is 1. The van der Waals surface area contributed by atoms with E-state index in [9.17, 15) is 4.79 Å². The summed E-state index contributed by atoms with van der Waals surface area (Å²) in [5.41, 5.74) is 7.21. The average Bonchev–Trinajstić information content (AvgIpc) is 2.85. The number of para-hydroxylation sites is 1. The number of hydrogen-bond acceptors (Lipinski definition) is 6. The number of rotatable bonds is 1. The van der Waals surface area contributed by atoms with Crippen LogP contribution in [0.15, 0.2) is 35.1 Å². The first kappa shape index (κ1) is 13.9. The van der Waals surface area contributed by atoms with Gasteiger partial charge in [-0.3, -0.25) is 9.78 Å². The lowest BCUT2D eigenvalue weighted by Gasteiger charge is -2.37. The lowest BCUT2D eigenvalue weighted by atomic mass is 9.99. The predicted molar refractivity (Wildman–Crippen MR) is 91.9 cm³/mol. The zero-order valence-corrected chi connectivity index (χ0v) is 13.2. The van der Waals surface area contributed by atoms with E-state index in [-0.39, 0.29) is 29.6 Å². The van der Waals surface area contributed by atoms with Crippen molar-refractivity contribution in [2.45, 2.75) is 32.0 Å². The second-order valence-electron chi connectivity index (χ2n) is 6.23. The van der Waals surface area contributed by atoms with Crippen molar-refractivity contribution in [1.82, 2.24) is 9.97 Å². The van der Waals surface area contributed by atoms with E-state index in [0.29, 0.717) is 18.2 Å². The van der Waals surface area contributed by atoms with Crippen LogP contribution in [0.1, 0.15) is 13.8 Å². The Hall–Kier alpha value is -2.70. The molecule has 23 heavy (non-hydrogen) atoms. The second-order valence-corrected chi connectivity index (χ2v) is 6.23. The van der Waals surface area contributed by atoms with Gasteiger partial charge < -0.3 is 20.9 Å². The smallest absolute Gasteiger partial charge is 0.278 e. The average molecular weight is 312 g/mol. The molecule has 0 aliphatic carbocycles. The minimum absolute atomic E-state index is 0.138. The van der Waals surface area contributed by atoms with Crippen LogP contribution in [0.2, 0.25) is 0 Å². The van der Waals surface area contributed by atoms with Gasteiger partial charge in [-0.1, -0.05) is 18.2 Å². The molecule has 2 aliphatic rings. The predicted octanol–water partition coefficient (Wildman–Crippen LogP) is 1.21. The highest BCUT2D eigenvalue weighted by atomic mass is 16.1. The van der Waals surface area contributed by atoms with Gasteiger partial charge in [0.2, 0.25) is 5.95 Å². The lowest BCUT2D eigenvalue weighted by molar-refractivity contribution is 0.524. The van der Waals surface area contributed by atoms with Gasteiger partial charge in [-0.2, -0.15) is 4.98 Å². The fraction of sp³-hybridized carbons (Fsp3) is 0.375. The minimum Gasteiger partial charge on any atom is -0.369 e. The first-order valence-electron chi connectivity index (χ1n) is 7.81. The Labute approximate surface area is 134 Å². The van der Waals surface area contributed by atoms with Gasteiger partial charge in [-0.05, 0) is 26.0 Å². The van der Waals surface area contributed by atoms with Crippen LogP contribution in [0.4, 0.5) is 23.1 Å². The van der Waals surface area contributed by atoms with Crippen molar-refractivity contribution in [1.29, 1.82) is 0 Å². The van der Waals surface area contributed by atoms with Crippen LogP contribution < -0.4 is 26.4 Å². The fourth-order valence-corrected chi connectivity index (χ4v) is 3.83. The summed E-state index contributed by atoms with van der Waals surface area (Å²) >= 11 is 0. The molecule has 3 heterocycles. The van der Waals surface area contributed by atoms with E-state index in [1.54, 1.807) is 0 Å². The van der Waals surface area contributed by atoms with Crippen molar-refractivity contribution >= 4 is 23.1 Å². The zero-order valence-electron chi connectivity index (χ0n) is 13.2. The third-order valence-corrected chi connectivity index (χ3v) is 4.82. The molecule has 7 heteroatoms. The van der Waals surface area contributed by atoms with Gasteiger partial charge in [0.1, 0.15) is 5.69 Å². The summed E-state index contributed by atoms with van der Waals surface area (Å²) in [6, 6.07) is 10.9. The number of fused-ring (bicyclic) bond motifs is 3. The molecule has 4 N–H and O–H groups in total. The highest BCUT2D eigenvalue weighted by Crippen LogP contribution is 2.37. The Kier molecular flexibility index (Phi) is 2.97. The highest BCUT2D eigenvalue weighted by molar-refractivity contribution is 5.72. The van der Waals surface area contributed by atoms with Crippen molar-refractivity contribution in [2.75, 3.05) is 27.5 Å². The molecule has 3 atom stereocenters. The molecule has 2 aliphatic heterocycles.